The summed E-state index contributed by atoms with van der Waals surface area (Å²) in [7, 11) is 3.28. The van der Waals surface area contributed by atoms with Crippen LogP contribution in [0.2, 0.25) is 0 Å². The Morgan fingerprint density at radius 1 is 1.08 bits per heavy atom. The number of carbonyl (C=O) groups is 1. The van der Waals surface area contributed by atoms with E-state index in [9.17, 15) is 9.90 Å². The van der Waals surface area contributed by atoms with Crippen molar-refractivity contribution in [1.29, 1.82) is 0 Å². The largest absolute Gasteiger partial charge is 0.497 e. The maximum atomic E-state index is 15.6. The number of fused-ring (bicyclic) bond motifs is 1. The summed E-state index contributed by atoms with van der Waals surface area (Å²) in [4.78, 5) is 18.2. The Morgan fingerprint density at radius 2 is 1.84 bits per heavy atom. The Bertz CT molecular complexity index is 1190. The number of hydrogen-bond donors (Lipinski definition) is 1. The normalized spacial score (nSPS) is 18.8. The molecule has 0 amide bonds. The molecule has 2 aromatic carbocycles. The monoisotopic (exact) mass is 522 g/mol. The summed E-state index contributed by atoms with van der Waals surface area (Å²) in [6.45, 7) is 2.84. The first kappa shape index (κ1) is 27.8. The van der Waals surface area contributed by atoms with Gasteiger partial charge in [0.15, 0.2) is 0 Å². The van der Waals surface area contributed by atoms with E-state index in [0.717, 1.165) is 62.0 Å². The van der Waals surface area contributed by atoms with Crippen LogP contribution in [-0.4, -0.2) is 54.8 Å². The maximum absolute atomic E-state index is 15.6. The summed E-state index contributed by atoms with van der Waals surface area (Å²) in [6, 6.07) is 15.5. The third-order valence-corrected chi connectivity index (χ3v) is 7.91. The van der Waals surface area contributed by atoms with Crippen LogP contribution in [0, 0.1) is 11.8 Å². The van der Waals surface area contributed by atoms with Crippen molar-refractivity contribution < 1.29 is 23.8 Å². The van der Waals surface area contributed by atoms with Crippen LogP contribution >= 0.6 is 0 Å². The fraction of sp³-hybridized carbons (Fsp3) is 0.484. The average molecular weight is 523 g/mol. The Hall–Kier alpha value is -3.19. The van der Waals surface area contributed by atoms with E-state index in [4.69, 9.17) is 9.47 Å². The van der Waals surface area contributed by atoms with Crippen LogP contribution in [0.15, 0.2) is 54.7 Å². The number of aliphatic carboxylic acids is 1. The molecule has 1 aliphatic heterocycles. The van der Waals surface area contributed by atoms with E-state index in [0.29, 0.717) is 30.1 Å². The standard InChI is InChI=1S/C31H39FN2O4/c1-37-25-9-5-22(6-10-25)4-3-18-34-19-16-23(24(21-34)8-14-31(35)36)7-12-29(32)27-15-17-33-30-13-11-26(38-2)20-28(27)30/h5-6,9-11,13,15,17,20,23-24,29H,3-4,7-8,12,14,16,18-19,21H2,1-2H3,(H,35,36)/t23-,24-,29-/m1/s1. The topological polar surface area (TPSA) is 71.9 Å². The minimum atomic E-state index is -1.10. The number of rotatable bonds is 13. The van der Waals surface area contributed by atoms with Gasteiger partial charge in [0.2, 0.25) is 0 Å². The van der Waals surface area contributed by atoms with E-state index in [-0.39, 0.29) is 12.3 Å². The molecule has 6 nitrogen and oxygen atoms in total. The molecule has 1 aromatic heterocycles. The van der Waals surface area contributed by atoms with Gasteiger partial charge in [-0.3, -0.25) is 9.78 Å². The number of carboxylic acids is 1. The fourth-order valence-electron chi connectivity index (χ4n) is 5.74. The van der Waals surface area contributed by atoms with Gasteiger partial charge in [-0.1, -0.05) is 12.1 Å². The summed E-state index contributed by atoms with van der Waals surface area (Å²) < 4.78 is 26.1. The second-order valence-corrected chi connectivity index (χ2v) is 10.3. The molecule has 4 rings (SSSR count). The number of halogens is 1. The number of benzene rings is 2. The van der Waals surface area contributed by atoms with Crippen LogP contribution in [0.5, 0.6) is 11.5 Å². The van der Waals surface area contributed by atoms with E-state index in [1.165, 1.54) is 5.56 Å². The van der Waals surface area contributed by atoms with E-state index >= 15 is 4.39 Å². The minimum Gasteiger partial charge on any atom is -0.497 e. The molecule has 0 aliphatic carbocycles. The quantitative estimate of drug-likeness (QED) is 0.277. The highest BCUT2D eigenvalue weighted by atomic mass is 19.1. The van der Waals surface area contributed by atoms with Crippen LogP contribution in [0.3, 0.4) is 0 Å². The molecular weight excluding hydrogens is 483 g/mol. The highest BCUT2D eigenvalue weighted by Crippen LogP contribution is 2.36. The molecule has 204 valence electrons. The lowest BCUT2D eigenvalue weighted by Gasteiger charge is -2.39. The van der Waals surface area contributed by atoms with Gasteiger partial charge < -0.3 is 19.5 Å². The van der Waals surface area contributed by atoms with Crippen LogP contribution < -0.4 is 9.47 Å². The molecule has 0 bridgehead atoms. The fourth-order valence-corrected chi connectivity index (χ4v) is 5.74. The molecule has 2 heterocycles. The molecule has 1 N–H and O–H groups in total. The van der Waals surface area contributed by atoms with Crippen LogP contribution in [0.4, 0.5) is 4.39 Å². The summed E-state index contributed by atoms with van der Waals surface area (Å²) in [6.07, 6.45) is 5.56. The van der Waals surface area contributed by atoms with Crippen LogP contribution in [-0.2, 0) is 11.2 Å². The highest BCUT2D eigenvalue weighted by molar-refractivity contribution is 5.83. The van der Waals surface area contributed by atoms with Gasteiger partial charge in [0.05, 0.1) is 19.7 Å². The molecule has 0 saturated carbocycles. The van der Waals surface area contributed by atoms with Gasteiger partial charge in [-0.05, 0) is 111 Å². The van der Waals surface area contributed by atoms with Gasteiger partial charge in [-0.15, -0.1) is 0 Å². The van der Waals surface area contributed by atoms with Crippen molar-refractivity contribution in [3.8, 4) is 11.5 Å². The number of aromatic nitrogens is 1. The number of piperidine rings is 1. The van der Waals surface area contributed by atoms with Crippen molar-refractivity contribution in [2.24, 2.45) is 11.8 Å². The SMILES string of the molecule is COc1ccc(CCCN2CC[C@@H](CC[C@@H](F)c3ccnc4ccc(OC)cc34)[C@H](CCC(=O)O)C2)cc1. The molecular formula is C31H39FN2O4. The number of pyridine rings is 1. The van der Waals surface area contributed by atoms with Crippen LogP contribution in [0.25, 0.3) is 10.9 Å². The third-order valence-electron chi connectivity index (χ3n) is 7.91. The predicted molar refractivity (Wildman–Crippen MR) is 148 cm³/mol. The zero-order valence-corrected chi connectivity index (χ0v) is 22.4. The first-order valence-electron chi connectivity index (χ1n) is 13.6. The van der Waals surface area contributed by atoms with Crippen molar-refractivity contribution in [1.82, 2.24) is 9.88 Å². The van der Waals surface area contributed by atoms with Crippen LogP contribution in [0.1, 0.15) is 55.8 Å². The summed E-state index contributed by atoms with van der Waals surface area (Å²) in [5.41, 5.74) is 2.69. The van der Waals surface area contributed by atoms with Gasteiger partial charge in [0.1, 0.15) is 17.7 Å². The third kappa shape index (κ3) is 7.44. The van der Waals surface area contributed by atoms with Crippen molar-refractivity contribution in [2.45, 2.75) is 51.1 Å². The molecule has 1 aliphatic rings. The summed E-state index contributed by atoms with van der Waals surface area (Å²) in [5, 5.41) is 10.1. The van der Waals surface area contributed by atoms with Crippen molar-refractivity contribution in [3.05, 3.63) is 65.9 Å². The molecule has 1 fully saturated rings. The lowest BCUT2D eigenvalue weighted by molar-refractivity contribution is -0.137. The van der Waals surface area contributed by atoms with Gasteiger partial charge in [-0.25, -0.2) is 4.39 Å². The average Bonchev–Trinajstić information content (AvgIpc) is 2.95. The first-order chi connectivity index (χ1) is 18.5. The number of hydrogen-bond acceptors (Lipinski definition) is 5. The number of ether oxygens (including phenoxy) is 2. The molecule has 0 radical (unpaired) electrons. The second-order valence-electron chi connectivity index (χ2n) is 10.3. The molecule has 3 aromatic rings. The van der Waals surface area contributed by atoms with Gasteiger partial charge >= 0.3 is 5.97 Å². The Balaban J connectivity index is 1.33. The number of likely N-dealkylation sites (tertiary alicyclic amines) is 1. The Labute approximate surface area is 224 Å². The first-order valence-corrected chi connectivity index (χ1v) is 13.6. The maximum Gasteiger partial charge on any atom is 0.303 e. The summed E-state index contributed by atoms with van der Waals surface area (Å²) in [5.74, 6) is 1.38. The Kier molecular flexibility index (Phi) is 9.93. The van der Waals surface area contributed by atoms with Gasteiger partial charge in [-0.2, -0.15) is 0 Å². The predicted octanol–water partition coefficient (Wildman–Crippen LogP) is 6.48. The number of aryl methyl sites for hydroxylation is 1. The summed E-state index contributed by atoms with van der Waals surface area (Å²) >= 11 is 0. The lowest BCUT2D eigenvalue weighted by atomic mass is 9.79. The molecule has 38 heavy (non-hydrogen) atoms. The highest BCUT2D eigenvalue weighted by Gasteiger charge is 2.30. The Morgan fingerprint density at radius 3 is 2.58 bits per heavy atom. The number of methoxy groups -OCH3 is 2. The number of alkyl halides is 1. The second kappa shape index (κ2) is 13.6. The van der Waals surface area contributed by atoms with Crippen molar-refractivity contribution in [3.63, 3.8) is 0 Å². The number of nitrogens with zero attached hydrogens (tertiary/aromatic N) is 2. The van der Waals surface area contributed by atoms with Crippen molar-refractivity contribution >= 4 is 16.9 Å². The van der Waals surface area contributed by atoms with Gasteiger partial charge in [0, 0.05) is 24.5 Å². The van der Waals surface area contributed by atoms with E-state index in [2.05, 4.69) is 22.0 Å². The molecule has 3 atom stereocenters. The lowest BCUT2D eigenvalue weighted by Crippen LogP contribution is -2.41. The zero-order chi connectivity index (χ0) is 26.9. The molecule has 1 saturated heterocycles. The smallest absolute Gasteiger partial charge is 0.303 e. The molecule has 0 spiro atoms. The van der Waals surface area contributed by atoms with Gasteiger partial charge in [0.25, 0.3) is 0 Å². The van der Waals surface area contributed by atoms with E-state index in [1.807, 2.05) is 30.3 Å². The molecule has 7 heteroatoms. The molecule has 0 unspecified atom stereocenters. The number of carboxylic acid groups (broad SMARTS) is 1. The zero-order valence-electron chi connectivity index (χ0n) is 22.4. The van der Waals surface area contributed by atoms with Crippen molar-refractivity contribution in [2.75, 3.05) is 33.9 Å². The van der Waals surface area contributed by atoms with E-state index < -0.39 is 12.1 Å². The minimum absolute atomic E-state index is 0.161. The van der Waals surface area contributed by atoms with E-state index in [1.54, 1.807) is 26.5 Å².